The van der Waals surface area contributed by atoms with Crippen molar-refractivity contribution in [2.75, 3.05) is 0 Å². The minimum absolute atomic E-state index is 0.0404. The van der Waals surface area contributed by atoms with Crippen LogP contribution in [-0.2, 0) is 12.8 Å². The number of fused-ring (bicyclic) bond motifs is 5. The highest BCUT2D eigenvalue weighted by Gasteiger charge is 2.57. The SMILES string of the molecule is C=C[C@@]12CCc3cc(CCCCCC(O)C(F)=C(F)F)ccc3[C@H]1CC[C@]1(C)CCC[C@H]12. The predicted octanol–water partition coefficient (Wildman–Crippen LogP) is 8.03. The van der Waals surface area contributed by atoms with Crippen molar-refractivity contribution in [1.29, 1.82) is 0 Å². The molecule has 1 N–H and O–H groups in total. The van der Waals surface area contributed by atoms with E-state index in [1.54, 1.807) is 0 Å². The van der Waals surface area contributed by atoms with Gasteiger partial charge in [-0.05, 0) is 97.1 Å². The van der Waals surface area contributed by atoms with Gasteiger partial charge >= 0.3 is 6.08 Å². The first-order chi connectivity index (χ1) is 15.3. The summed E-state index contributed by atoms with van der Waals surface area (Å²) < 4.78 is 37.4. The molecule has 0 aromatic heterocycles. The van der Waals surface area contributed by atoms with E-state index in [0.29, 0.717) is 17.8 Å². The molecule has 4 rings (SSSR count). The highest BCUT2D eigenvalue weighted by Crippen LogP contribution is 2.67. The Balaban J connectivity index is 1.37. The zero-order valence-corrected chi connectivity index (χ0v) is 19.3. The van der Waals surface area contributed by atoms with Crippen LogP contribution in [0.25, 0.3) is 0 Å². The van der Waals surface area contributed by atoms with Crippen molar-refractivity contribution in [1.82, 2.24) is 0 Å². The van der Waals surface area contributed by atoms with Gasteiger partial charge in [-0.2, -0.15) is 8.78 Å². The lowest BCUT2D eigenvalue weighted by molar-refractivity contribution is 0.00459. The summed E-state index contributed by atoms with van der Waals surface area (Å²) in [6.07, 6.45) is 10.4. The second kappa shape index (κ2) is 9.37. The van der Waals surface area contributed by atoms with E-state index in [9.17, 15) is 18.3 Å². The maximum atomic E-state index is 13.0. The molecule has 0 saturated heterocycles. The Hall–Kier alpha value is -1.55. The summed E-state index contributed by atoms with van der Waals surface area (Å²) in [5.74, 6) is -0.329. The summed E-state index contributed by atoms with van der Waals surface area (Å²) in [4.78, 5) is 0. The second-order valence-electron chi connectivity index (χ2n) is 10.8. The number of benzene rings is 1. The molecule has 32 heavy (non-hydrogen) atoms. The fourth-order valence-electron chi connectivity index (χ4n) is 7.43. The van der Waals surface area contributed by atoms with E-state index in [1.165, 1.54) is 55.2 Å². The Morgan fingerprint density at radius 2 is 1.97 bits per heavy atom. The lowest BCUT2D eigenvalue weighted by atomic mass is 9.47. The summed E-state index contributed by atoms with van der Waals surface area (Å²) in [6, 6.07) is 7.00. The summed E-state index contributed by atoms with van der Waals surface area (Å²) in [5.41, 5.74) is 5.09. The van der Waals surface area contributed by atoms with E-state index < -0.39 is 18.0 Å². The standard InChI is InChI=1S/C28H37F3O/c1-3-28-17-13-20-18-19(8-5-4-6-9-23(32)25(29)26(30)31)11-12-21(20)22(28)14-16-27(2)15-7-10-24(27)28/h3,11-12,18,22-24,32H,1,4-10,13-17H2,2H3/t22-,23?,24-,27+,28-/m1/s1. The van der Waals surface area contributed by atoms with Crippen LogP contribution >= 0.6 is 0 Å². The summed E-state index contributed by atoms with van der Waals surface area (Å²) in [7, 11) is 0. The average molecular weight is 447 g/mol. The van der Waals surface area contributed by atoms with Gasteiger partial charge in [0.15, 0.2) is 5.83 Å². The Morgan fingerprint density at radius 1 is 1.16 bits per heavy atom. The monoisotopic (exact) mass is 446 g/mol. The fourth-order valence-corrected chi connectivity index (χ4v) is 7.43. The Labute approximate surface area is 190 Å². The molecule has 1 aromatic carbocycles. The third-order valence-corrected chi connectivity index (χ3v) is 9.09. The Kier molecular flexibility index (Phi) is 6.91. The smallest absolute Gasteiger partial charge is 0.304 e. The summed E-state index contributed by atoms with van der Waals surface area (Å²) >= 11 is 0. The molecular formula is C28H37F3O. The van der Waals surface area contributed by atoms with E-state index >= 15 is 0 Å². The van der Waals surface area contributed by atoms with E-state index in [-0.39, 0.29) is 11.8 Å². The van der Waals surface area contributed by atoms with Crippen molar-refractivity contribution in [2.45, 2.75) is 96.0 Å². The quantitative estimate of drug-likeness (QED) is 0.316. The number of aryl methyl sites for hydroxylation is 2. The minimum Gasteiger partial charge on any atom is -0.386 e. The van der Waals surface area contributed by atoms with Crippen molar-refractivity contribution in [2.24, 2.45) is 16.7 Å². The highest BCUT2D eigenvalue weighted by molar-refractivity contribution is 5.41. The predicted molar refractivity (Wildman–Crippen MR) is 123 cm³/mol. The first-order valence-corrected chi connectivity index (χ1v) is 12.4. The van der Waals surface area contributed by atoms with E-state index in [1.807, 2.05) is 0 Å². The first kappa shape index (κ1) is 23.6. The van der Waals surface area contributed by atoms with Gasteiger partial charge in [0.25, 0.3) is 0 Å². The maximum Gasteiger partial charge on any atom is 0.304 e. The van der Waals surface area contributed by atoms with Gasteiger partial charge in [-0.25, -0.2) is 4.39 Å². The van der Waals surface area contributed by atoms with Crippen molar-refractivity contribution in [3.8, 4) is 0 Å². The first-order valence-electron chi connectivity index (χ1n) is 12.4. The van der Waals surface area contributed by atoms with Gasteiger partial charge in [0, 0.05) is 0 Å². The molecule has 2 fully saturated rings. The zero-order valence-electron chi connectivity index (χ0n) is 19.3. The number of allylic oxidation sites excluding steroid dienone is 1. The number of halogens is 3. The maximum absolute atomic E-state index is 13.0. The van der Waals surface area contributed by atoms with Gasteiger partial charge in [-0.15, -0.1) is 6.58 Å². The topological polar surface area (TPSA) is 20.2 Å². The van der Waals surface area contributed by atoms with Crippen LogP contribution in [-0.4, -0.2) is 11.2 Å². The van der Waals surface area contributed by atoms with Gasteiger partial charge < -0.3 is 5.11 Å². The van der Waals surface area contributed by atoms with E-state index in [4.69, 9.17) is 0 Å². The zero-order chi connectivity index (χ0) is 22.9. The van der Waals surface area contributed by atoms with Crippen LogP contribution in [0.15, 0.2) is 42.8 Å². The summed E-state index contributed by atoms with van der Waals surface area (Å²) in [5, 5.41) is 9.43. The molecule has 176 valence electrons. The molecule has 2 saturated carbocycles. The van der Waals surface area contributed by atoms with Crippen LogP contribution in [0.3, 0.4) is 0 Å². The Bertz CT molecular complexity index is 873. The molecule has 1 aromatic rings. The van der Waals surface area contributed by atoms with Crippen molar-refractivity contribution < 1.29 is 18.3 Å². The normalized spacial score (nSPS) is 31.9. The second-order valence-corrected chi connectivity index (χ2v) is 10.8. The highest BCUT2D eigenvalue weighted by atomic mass is 19.3. The molecule has 0 spiro atoms. The molecule has 4 heteroatoms. The van der Waals surface area contributed by atoms with Crippen LogP contribution in [0, 0.1) is 16.7 Å². The summed E-state index contributed by atoms with van der Waals surface area (Å²) in [6.45, 7) is 6.86. The number of aliphatic hydroxyl groups is 1. The molecule has 1 nitrogen and oxygen atoms in total. The molecule has 0 radical (unpaired) electrons. The van der Waals surface area contributed by atoms with Crippen molar-refractivity contribution >= 4 is 0 Å². The molecule has 0 amide bonds. The Morgan fingerprint density at radius 3 is 2.72 bits per heavy atom. The van der Waals surface area contributed by atoms with Crippen LogP contribution in [0.4, 0.5) is 13.2 Å². The number of hydrogen-bond donors (Lipinski definition) is 1. The van der Waals surface area contributed by atoms with Crippen LogP contribution in [0.1, 0.15) is 93.7 Å². The molecule has 3 aliphatic carbocycles. The molecule has 1 unspecified atom stereocenters. The fraction of sp³-hybridized carbons (Fsp3) is 0.643. The minimum atomic E-state index is -2.41. The number of aliphatic hydroxyl groups excluding tert-OH is 1. The van der Waals surface area contributed by atoms with Gasteiger partial charge in [-0.1, -0.05) is 50.5 Å². The number of hydrogen-bond acceptors (Lipinski definition) is 1. The molecule has 0 heterocycles. The molecule has 0 aliphatic heterocycles. The van der Waals surface area contributed by atoms with E-state index in [0.717, 1.165) is 31.6 Å². The lowest BCUT2D eigenvalue weighted by Gasteiger charge is -2.56. The van der Waals surface area contributed by atoms with Crippen LogP contribution in [0.2, 0.25) is 0 Å². The van der Waals surface area contributed by atoms with Crippen molar-refractivity contribution in [3.05, 3.63) is 59.5 Å². The molecule has 3 aliphatic rings. The molecular weight excluding hydrogens is 409 g/mol. The number of unbranched alkanes of at least 4 members (excludes halogenated alkanes) is 2. The molecule has 5 atom stereocenters. The third kappa shape index (κ3) is 4.20. The van der Waals surface area contributed by atoms with Gasteiger partial charge in [0.05, 0.1) is 0 Å². The third-order valence-electron chi connectivity index (χ3n) is 9.09. The lowest BCUT2D eigenvalue weighted by Crippen LogP contribution is -2.47. The van der Waals surface area contributed by atoms with Gasteiger partial charge in [-0.3, -0.25) is 0 Å². The van der Waals surface area contributed by atoms with Crippen LogP contribution < -0.4 is 0 Å². The van der Waals surface area contributed by atoms with Gasteiger partial charge in [0.1, 0.15) is 6.10 Å². The van der Waals surface area contributed by atoms with Crippen molar-refractivity contribution in [3.63, 3.8) is 0 Å². The van der Waals surface area contributed by atoms with Crippen LogP contribution in [0.5, 0.6) is 0 Å². The number of rotatable bonds is 8. The van der Waals surface area contributed by atoms with E-state index in [2.05, 4.69) is 37.8 Å². The largest absolute Gasteiger partial charge is 0.386 e. The molecule has 0 bridgehead atoms. The van der Waals surface area contributed by atoms with Gasteiger partial charge in [0.2, 0.25) is 0 Å². The average Bonchev–Trinajstić information content (AvgIpc) is 3.20.